The molecule has 1 aromatic heterocycles. The number of nitrogens with one attached hydrogen (secondary N) is 3. The monoisotopic (exact) mass is 570 g/mol. The first-order valence-corrected chi connectivity index (χ1v) is 14.9. The SMILES string of the molecule is C=CC(=O)Nc1c(-c2ccccc2)cc(N(CC)C2CCOCC2)c(C)c1C(=O)NCc1c(CC)cc(CC)[nH]c1=O. The third kappa shape index (κ3) is 6.65. The molecule has 222 valence electrons. The molecule has 0 spiro atoms. The molecule has 3 aromatic rings. The molecular formula is C34H42N4O4. The van der Waals surface area contributed by atoms with Crippen molar-refractivity contribution in [2.45, 2.75) is 66.0 Å². The van der Waals surface area contributed by atoms with Crippen LogP contribution < -0.4 is 21.1 Å². The van der Waals surface area contributed by atoms with Gasteiger partial charge in [0.1, 0.15) is 0 Å². The summed E-state index contributed by atoms with van der Waals surface area (Å²) in [7, 11) is 0. The summed E-state index contributed by atoms with van der Waals surface area (Å²) in [6.45, 7) is 13.8. The first kappa shape index (κ1) is 30.8. The minimum atomic E-state index is -0.412. The lowest BCUT2D eigenvalue weighted by molar-refractivity contribution is -0.111. The first-order valence-electron chi connectivity index (χ1n) is 14.9. The zero-order valence-corrected chi connectivity index (χ0v) is 25.1. The number of hydrogen-bond donors (Lipinski definition) is 3. The Balaban J connectivity index is 1.87. The van der Waals surface area contributed by atoms with Crippen LogP contribution in [-0.2, 0) is 28.9 Å². The molecule has 8 nitrogen and oxygen atoms in total. The summed E-state index contributed by atoms with van der Waals surface area (Å²) in [5.74, 6) is -0.778. The molecule has 0 unspecified atom stereocenters. The van der Waals surface area contributed by atoms with Gasteiger partial charge in [-0.2, -0.15) is 0 Å². The van der Waals surface area contributed by atoms with Gasteiger partial charge in [0.05, 0.1) is 11.3 Å². The molecule has 8 heteroatoms. The van der Waals surface area contributed by atoms with E-state index in [0.29, 0.717) is 36.4 Å². The molecule has 2 heterocycles. The third-order valence-electron chi connectivity index (χ3n) is 8.06. The van der Waals surface area contributed by atoms with Gasteiger partial charge in [-0.3, -0.25) is 14.4 Å². The van der Waals surface area contributed by atoms with E-state index >= 15 is 0 Å². The van der Waals surface area contributed by atoms with E-state index in [0.717, 1.165) is 59.4 Å². The molecule has 2 aromatic carbocycles. The Morgan fingerprint density at radius 1 is 1.10 bits per heavy atom. The Labute approximate surface area is 248 Å². The fraction of sp³-hybridized carbons (Fsp3) is 0.382. The molecule has 0 aliphatic carbocycles. The smallest absolute Gasteiger partial charge is 0.254 e. The lowest BCUT2D eigenvalue weighted by Crippen LogP contribution is -2.40. The van der Waals surface area contributed by atoms with E-state index in [1.807, 2.05) is 57.2 Å². The summed E-state index contributed by atoms with van der Waals surface area (Å²) >= 11 is 0. The zero-order valence-electron chi connectivity index (χ0n) is 25.1. The van der Waals surface area contributed by atoms with Gasteiger partial charge >= 0.3 is 0 Å². The minimum Gasteiger partial charge on any atom is -0.381 e. The number of hydrogen-bond acceptors (Lipinski definition) is 5. The van der Waals surface area contributed by atoms with Crippen LogP contribution in [0.15, 0.2) is 59.9 Å². The second kappa shape index (κ2) is 14.1. The number of carbonyl (C=O) groups excluding carboxylic acids is 2. The normalized spacial score (nSPS) is 13.4. The maximum Gasteiger partial charge on any atom is 0.254 e. The second-order valence-electron chi connectivity index (χ2n) is 10.5. The zero-order chi connectivity index (χ0) is 30.2. The molecular weight excluding hydrogens is 528 g/mol. The molecule has 2 amide bonds. The van der Waals surface area contributed by atoms with Crippen molar-refractivity contribution >= 4 is 23.2 Å². The van der Waals surface area contributed by atoms with E-state index in [2.05, 4.69) is 40.1 Å². The standard InChI is InChI=1S/C34H42N4O4/c1-6-23-19-25(7-2)36-33(40)28(23)21-35-34(41)31-22(5)29(38(9-4)26-15-17-42-18-16-26)20-27(24-13-11-10-12-14-24)32(31)37-30(39)8-3/h8,10-14,19-20,26H,3,6-7,9,15-18,21H2,1-2,4-5H3,(H,35,41)(H,36,40)(H,37,39). The fourth-order valence-electron chi connectivity index (χ4n) is 5.78. The highest BCUT2D eigenvalue weighted by molar-refractivity contribution is 6.12. The van der Waals surface area contributed by atoms with Crippen LogP contribution in [0.3, 0.4) is 0 Å². The van der Waals surface area contributed by atoms with Gasteiger partial charge in [-0.15, -0.1) is 0 Å². The number of amides is 2. The Hall–Kier alpha value is -4.17. The van der Waals surface area contributed by atoms with Crippen LogP contribution in [0.1, 0.15) is 66.4 Å². The van der Waals surface area contributed by atoms with Gasteiger partial charge in [-0.1, -0.05) is 50.8 Å². The average Bonchev–Trinajstić information content (AvgIpc) is 3.02. The van der Waals surface area contributed by atoms with Gasteiger partial charge in [-0.05, 0) is 74.4 Å². The van der Waals surface area contributed by atoms with E-state index in [-0.39, 0.29) is 24.1 Å². The predicted molar refractivity (Wildman–Crippen MR) is 169 cm³/mol. The maximum absolute atomic E-state index is 14.1. The predicted octanol–water partition coefficient (Wildman–Crippen LogP) is 5.53. The number of pyridine rings is 1. The van der Waals surface area contributed by atoms with Crippen molar-refractivity contribution in [1.82, 2.24) is 10.3 Å². The third-order valence-corrected chi connectivity index (χ3v) is 8.06. The molecule has 42 heavy (non-hydrogen) atoms. The summed E-state index contributed by atoms with van der Waals surface area (Å²) in [6, 6.07) is 14.1. The topological polar surface area (TPSA) is 104 Å². The van der Waals surface area contributed by atoms with Crippen molar-refractivity contribution in [2.24, 2.45) is 0 Å². The lowest BCUT2D eigenvalue weighted by Gasteiger charge is -2.37. The van der Waals surface area contributed by atoms with Crippen molar-refractivity contribution in [3.63, 3.8) is 0 Å². The highest BCUT2D eigenvalue weighted by atomic mass is 16.5. The number of aromatic nitrogens is 1. The van der Waals surface area contributed by atoms with Crippen molar-refractivity contribution in [2.75, 3.05) is 30.0 Å². The average molecular weight is 571 g/mol. The van der Waals surface area contributed by atoms with E-state index in [1.54, 1.807) is 0 Å². The highest BCUT2D eigenvalue weighted by Gasteiger charge is 2.28. The lowest BCUT2D eigenvalue weighted by atomic mass is 9.92. The van der Waals surface area contributed by atoms with E-state index < -0.39 is 5.91 Å². The van der Waals surface area contributed by atoms with Gasteiger partial charge in [0, 0.05) is 54.9 Å². The largest absolute Gasteiger partial charge is 0.381 e. The first-order chi connectivity index (χ1) is 20.3. The number of rotatable bonds is 11. The number of benzene rings is 2. The van der Waals surface area contributed by atoms with Crippen LogP contribution in [0.25, 0.3) is 11.1 Å². The molecule has 0 atom stereocenters. The molecule has 4 rings (SSSR count). The van der Waals surface area contributed by atoms with Crippen molar-refractivity contribution < 1.29 is 14.3 Å². The van der Waals surface area contributed by atoms with Crippen LogP contribution in [0, 0.1) is 6.92 Å². The van der Waals surface area contributed by atoms with Crippen LogP contribution in [0.2, 0.25) is 0 Å². The second-order valence-corrected chi connectivity index (χ2v) is 10.5. The van der Waals surface area contributed by atoms with E-state index in [1.165, 1.54) is 6.08 Å². The Morgan fingerprint density at radius 3 is 2.43 bits per heavy atom. The molecule has 0 bridgehead atoms. The molecule has 0 saturated carbocycles. The summed E-state index contributed by atoms with van der Waals surface area (Å²) in [5.41, 5.74) is 6.19. The number of carbonyl (C=O) groups is 2. The number of H-pyrrole nitrogens is 1. The summed E-state index contributed by atoms with van der Waals surface area (Å²) < 4.78 is 5.63. The van der Waals surface area contributed by atoms with Crippen LogP contribution in [0.5, 0.6) is 0 Å². The summed E-state index contributed by atoms with van der Waals surface area (Å²) in [5, 5.41) is 5.94. The maximum atomic E-state index is 14.1. The van der Waals surface area contributed by atoms with Crippen LogP contribution >= 0.6 is 0 Å². The van der Waals surface area contributed by atoms with Crippen molar-refractivity contribution in [1.29, 1.82) is 0 Å². The van der Waals surface area contributed by atoms with Crippen LogP contribution in [-0.4, -0.2) is 42.6 Å². The van der Waals surface area contributed by atoms with Crippen molar-refractivity contribution in [3.8, 4) is 11.1 Å². The van der Waals surface area contributed by atoms with Gasteiger partial charge < -0.3 is 25.3 Å². The quantitative estimate of drug-likeness (QED) is 0.263. The Bertz CT molecular complexity index is 1490. The van der Waals surface area contributed by atoms with Crippen LogP contribution in [0.4, 0.5) is 11.4 Å². The fourth-order valence-corrected chi connectivity index (χ4v) is 5.78. The van der Waals surface area contributed by atoms with Crippen molar-refractivity contribution in [3.05, 3.63) is 93.4 Å². The Morgan fingerprint density at radius 2 is 1.81 bits per heavy atom. The minimum absolute atomic E-state index is 0.0674. The Kier molecular flexibility index (Phi) is 10.4. The van der Waals surface area contributed by atoms with E-state index in [9.17, 15) is 14.4 Å². The molecule has 1 fully saturated rings. The molecule has 3 N–H and O–H groups in total. The van der Waals surface area contributed by atoms with Gasteiger partial charge in [0.25, 0.3) is 11.5 Å². The van der Waals surface area contributed by atoms with E-state index in [4.69, 9.17) is 4.74 Å². The molecule has 1 aliphatic rings. The number of anilines is 2. The number of aromatic amines is 1. The van der Waals surface area contributed by atoms with Gasteiger partial charge in [-0.25, -0.2) is 0 Å². The number of nitrogens with zero attached hydrogens (tertiary/aromatic N) is 1. The molecule has 1 saturated heterocycles. The number of aryl methyl sites for hydroxylation is 2. The molecule has 1 aliphatic heterocycles. The van der Waals surface area contributed by atoms with Gasteiger partial charge in [0.15, 0.2) is 0 Å². The molecule has 0 radical (unpaired) electrons. The summed E-state index contributed by atoms with van der Waals surface area (Å²) in [6.07, 6.45) is 4.37. The van der Waals surface area contributed by atoms with Gasteiger partial charge in [0.2, 0.25) is 5.91 Å². The highest BCUT2D eigenvalue weighted by Crippen LogP contribution is 2.40. The summed E-state index contributed by atoms with van der Waals surface area (Å²) in [4.78, 5) is 45.1. The number of ether oxygens (including phenoxy) is 1.